The zero-order valence-corrected chi connectivity index (χ0v) is 13.9. The number of hydrogen-bond donors (Lipinski definition) is 1. The quantitative estimate of drug-likeness (QED) is 0.679. The van der Waals surface area contributed by atoms with Gasteiger partial charge in [-0.2, -0.15) is 0 Å². The lowest BCUT2D eigenvalue weighted by Gasteiger charge is -2.37. The van der Waals surface area contributed by atoms with Crippen molar-refractivity contribution in [3.8, 4) is 0 Å². The Morgan fingerprint density at radius 2 is 2.04 bits per heavy atom. The highest BCUT2D eigenvalue weighted by molar-refractivity contribution is 7.80. The summed E-state index contributed by atoms with van der Waals surface area (Å²) in [4.78, 5) is 25.6. The number of hydrogen-bond acceptors (Lipinski definition) is 4. The highest BCUT2D eigenvalue weighted by atomic mass is 32.1. The van der Waals surface area contributed by atoms with Crippen LogP contribution >= 0.6 is 12.2 Å². The van der Waals surface area contributed by atoms with E-state index in [9.17, 15) is 14.0 Å². The predicted octanol–water partition coefficient (Wildman–Crippen LogP) is 2.44. The summed E-state index contributed by atoms with van der Waals surface area (Å²) in [7, 11) is 0. The maximum Gasteiger partial charge on any atom is 0.338 e. The first-order chi connectivity index (χ1) is 10.9. The van der Waals surface area contributed by atoms with Crippen molar-refractivity contribution in [1.82, 2.24) is 10.2 Å². The molecule has 0 saturated heterocycles. The molecule has 0 aliphatic carbocycles. The molecule has 1 aliphatic rings. The summed E-state index contributed by atoms with van der Waals surface area (Å²) < 4.78 is 19.4. The number of nitrogens with zero attached hydrogens (tertiary/aromatic N) is 1. The van der Waals surface area contributed by atoms with E-state index in [2.05, 4.69) is 5.32 Å². The Morgan fingerprint density at radius 1 is 1.39 bits per heavy atom. The van der Waals surface area contributed by atoms with Crippen LogP contribution in [0.2, 0.25) is 0 Å². The second kappa shape index (κ2) is 6.87. The summed E-state index contributed by atoms with van der Waals surface area (Å²) in [6.07, 6.45) is 0. The van der Waals surface area contributed by atoms with Gasteiger partial charge in [0.15, 0.2) is 5.11 Å². The fourth-order valence-electron chi connectivity index (χ4n) is 2.53. The van der Waals surface area contributed by atoms with E-state index in [0.29, 0.717) is 5.70 Å². The molecule has 0 radical (unpaired) electrons. The van der Waals surface area contributed by atoms with Crippen LogP contribution in [-0.2, 0) is 14.3 Å². The van der Waals surface area contributed by atoms with Gasteiger partial charge in [0, 0.05) is 18.2 Å². The van der Waals surface area contributed by atoms with E-state index >= 15 is 0 Å². The van der Waals surface area contributed by atoms with Crippen LogP contribution in [-0.4, -0.2) is 28.5 Å². The van der Waals surface area contributed by atoms with Crippen molar-refractivity contribution in [2.75, 3.05) is 6.61 Å². The molecule has 2 rings (SSSR count). The molecule has 1 amide bonds. The van der Waals surface area contributed by atoms with E-state index < -0.39 is 23.7 Å². The Bertz CT molecular complexity index is 702. The fraction of sp³-hybridized carbons (Fsp3) is 0.312. The van der Waals surface area contributed by atoms with Crippen LogP contribution < -0.4 is 5.32 Å². The largest absolute Gasteiger partial charge is 0.463 e. The third kappa shape index (κ3) is 3.24. The van der Waals surface area contributed by atoms with E-state index in [4.69, 9.17) is 17.0 Å². The van der Waals surface area contributed by atoms with E-state index in [0.717, 1.165) is 0 Å². The van der Waals surface area contributed by atoms with E-state index in [-0.39, 0.29) is 22.9 Å². The Labute approximate surface area is 139 Å². The van der Waals surface area contributed by atoms with Crippen LogP contribution in [0, 0.1) is 5.82 Å². The number of thiocarbonyl (C=S) groups is 1. The number of carbonyl (C=O) groups excluding carboxylic acids is 2. The maximum absolute atomic E-state index is 14.3. The van der Waals surface area contributed by atoms with Gasteiger partial charge in [-0.25, -0.2) is 9.18 Å². The van der Waals surface area contributed by atoms with Crippen LogP contribution in [0.15, 0.2) is 35.5 Å². The standard InChI is InChI=1S/C16H17FN2O3S/c1-4-22-15(21)13-9(2)18-16(23)19(10(3)20)14(13)11-7-5-6-8-12(11)17/h5-8,14H,4H2,1-3H3,(H,18,23)/t14-/m0/s1. The van der Waals surface area contributed by atoms with Crippen LogP contribution in [0.5, 0.6) is 0 Å². The van der Waals surface area contributed by atoms with Crippen molar-refractivity contribution in [3.63, 3.8) is 0 Å². The van der Waals surface area contributed by atoms with Crippen molar-refractivity contribution < 1.29 is 18.7 Å². The summed E-state index contributed by atoms with van der Waals surface area (Å²) in [5.41, 5.74) is 0.800. The topological polar surface area (TPSA) is 58.6 Å². The fourth-order valence-corrected chi connectivity index (χ4v) is 2.92. The third-order valence-electron chi connectivity index (χ3n) is 3.48. The lowest BCUT2D eigenvalue weighted by atomic mass is 9.93. The number of benzene rings is 1. The third-order valence-corrected chi connectivity index (χ3v) is 3.78. The summed E-state index contributed by atoms with van der Waals surface area (Å²) in [6, 6.07) is 5.02. The van der Waals surface area contributed by atoms with Crippen molar-refractivity contribution in [2.24, 2.45) is 0 Å². The molecule has 0 saturated carbocycles. The summed E-state index contributed by atoms with van der Waals surface area (Å²) in [5, 5.41) is 2.93. The lowest BCUT2D eigenvalue weighted by molar-refractivity contribution is -0.139. The average molecular weight is 336 g/mol. The Kier molecular flexibility index (Phi) is 5.10. The highest BCUT2D eigenvalue weighted by Gasteiger charge is 2.39. The molecule has 0 aromatic heterocycles. The van der Waals surface area contributed by atoms with Crippen molar-refractivity contribution in [1.29, 1.82) is 0 Å². The van der Waals surface area contributed by atoms with Crippen LogP contribution in [0.25, 0.3) is 0 Å². The highest BCUT2D eigenvalue weighted by Crippen LogP contribution is 2.35. The number of allylic oxidation sites excluding steroid dienone is 1. The molecule has 1 aliphatic heterocycles. The zero-order valence-electron chi connectivity index (χ0n) is 13.1. The molecule has 1 heterocycles. The molecule has 5 nitrogen and oxygen atoms in total. The van der Waals surface area contributed by atoms with Gasteiger partial charge in [0.05, 0.1) is 12.2 Å². The number of amides is 1. The number of carbonyl (C=O) groups is 2. The lowest BCUT2D eigenvalue weighted by Crippen LogP contribution is -2.50. The molecular formula is C16H17FN2O3S. The molecule has 1 atom stereocenters. The average Bonchev–Trinajstić information content (AvgIpc) is 2.46. The molecule has 0 bridgehead atoms. The van der Waals surface area contributed by atoms with Crippen LogP contribution in [0.1, 0.15) is 32.4 Å². The minimum atomic E-state index is -0.957. The molecule has 1 aromatic carbocycles. The van der Waals surface area contributed by atoms with Gasteiger partial charge < -0.3 is 10.1 Å². The van der Waals surface area contributed by atoms with Crippen LogP contribution in [0.4, 0.5) is 4.39 Å². The Morgan fingerprint density at radius 3 is 2.61 bits per heavy atom. The summed E-state index contributed by atoms with van der Waals surface area (Å²) in [5.74, 6) is -1.53. The monoisotopic (exact) mass is 336 g/mol. The molecule has 1 N–H and O–H groups in total. The smallest absolute Gasteiger partial charge is 0.338 e. The number of ether oxygens (including phenoxy) is 1. The van der Waals surface area contributed by atoms with Crippen molar-refractivity contribution >= 4 is 29.2 Å². The number of rotatable bonds is 3. The SMILES string of the molecule is CCOC(=O)C1=C(C)NC(=S)N(C(C)=O)[C@H]1c1ccccc1F. The van der Waals surface area contributed by atoms with Crippen LogP contribution in [0.3, 0.4) is 0 Å². The zero-order chi connectivity index (χ0) is 17.1. The predicted molar refractivity (Wildman–Crippen MR) is 86.7 cm³/mol. The normalized spacial score (nSPS) is 17.8. The van der Waals surface area contributed by atoms with Gasteiger partial charge in [-0.05, 0) is 32.1 Å². The van der Waals surface area contributed by atoms with Gasteiger partial charge in [0.1, 0.15) is 11.9 Å². The van der Waals surface area contributed by atoms with E-state index in [1.165, 1.54) is 30.0 Å². The van der Waals surface area contributed by atoms with Gasteiger partial charge >= 0.3 is 5.97 Å². The molecule has 23 heavy (non-hydrogen) atoms. The first-order valence-corrected chi connectivity index (χ1v) is 7.52. The molecule has 1 aromatic rings. The second-order valence-electron chi connectivity index (χ2n) is 5.00. The minimum absolute atomic E-state index is 0.122. The Hall–Kier alpha value is -2.28. The molecule has 0 unspecified atom stereocenters. The molecule has 7 heteroatoms. The first kappa shape index (κ1) is 17.1. The number of halogens is 1. The summed E-state index contributed by atoms with van der Waals surface area (Å²) in [6.45, 7) is 4.80. The molecule has 0 fully saturated rings. The van der Waals surface area contributed by atoms with Gasteiger partial charge in [0.25, 0.3) is 0 Å². The summed E-state index contributed by atoms with van der Waals surface area (Å²) >= 11 is 5.19. The van der Waals surface area contributed by atoms with Gasteiger partial charge in [-0.15, -0.1) is 0 Å². The molecular weight excluding hydrogens is 319 g/mol. The molecule has 122 valence electrons. The van der Waals surface area contributed by atoms with Crippen molar-refractivity contribution in [2.45, 2.75) is 26.8 Å². The van der Waals surface area contributed by atoms with Gasteiger partial charge in [-0.3, -0.25) is 9.69 Å². The van der Waals surface area contributed by atoms with Crippen molar-refractivity contribution in [3.05, 3.63) is 46.9 Å². The maximum atomic E-state index is 14.3. The number of nitrogens with one attached hydrogen (secondary N) is 1. The van der Waals surface area contributed by atoms with E-state index in [1.807, 2.05) is 0 Å². The Balaban J connectivity index is 2.67. The second-order valence-corrected chi connectivity index (χ2v) is 5.39. The van der Waals surface area contributed by atoms with Gasteiger partial charge in [-0.1, -0.05) is 18.2 Å². The number of esters is 1. The van der Waals surface area contributed by atoms with Gasteiger partial charge in [0.2, 0.25) is 5.91 Å². The molecule has 0 spiro atoms. The first-order valence-electron chi connectivity index (χ1n) is 7.11. The minimum Gasteiger partial charge on any atom is -0.463 e. The van der Waals surface area contributed by atoms with E-state index in [1.54, 1.807) is 19.9 Å².